The normalized spacial score (nSPS) is 10.6. The second-order valence-corrected chi connectivity index (χ2v) is 4.71. The second-order valence-electron chi connectivity index (χ2n) is 4.30. The molecular formula is C11H21N5S. The minimum Gasteiger partial charge on any atom is -0.362 e. The zero-order valence-corrected chi connectivity index (χ0v) is 11.8. The molecule has 17 heavy (non-hydrogen) atoms. The molecule has 0 aromatic carbocycles. The van der Waals surface area contributed by atoms with E-state index in [1.165, 1.54) is 0 Å². The van der Waals surface area contributed by atoms with Gasteiger partial charge in [0.15, 0.2) is 5.11 Å². The molecule has 0 saturated carbocycles. The van der Waals surface area contributed by atoms with E-state index in [0.29, 0.717) is 5.11 Å². The fraction of sp³-hybridized carbons (Fsp3) is 0.636. The summed E-state index contributed by atoms with van der Waals surface area (Å²) < 4.78 is 1.82. The van der Waals surface area contributed by atoms with E-state index in [9.17, 15) is 0 Å². The van der Waals surface area contributed by atoms with Crippen LogP contribution in [0.2, 0.25) is 0 Å². The van der Waals surface area contributed by atoms with E-state index >= 15 is 0 Å². The quantitative estimate of drug-likeness (QED) is 0.606. The lowest BCUT2D eigenvalue weighted by Gasteiger charge is -2.12. The summed E-state index contributed by atoms with van der Waals surface area (Å²) in [5.74, 6) is 0. The van der Waals surface area contributed by atoms with Crippen molar-refractivity contribution in [3.05, 3.63) is 11.9 Å². The average molecular weight is 255 g/mol. The van der Waals surface area contributed by atoms with E-state index in [0.717, 1.165) is 30.9 Å². The summed E-state index contributed by atoms with van der Waals surface area (Å²) in [5, 5.41) is 11.1. The molecule has 1 heterocycles. The van der Waals surface area contributed by atoms with Crippen LogP contribution in [0.5, 0.6) is 0 Å². The van der Waals surface area contributed by atoms with Gasteiger partial charge in [-0.3, -0.25) is 4.68 Å². The van der Waals surface area contributed by atoms with E-state index in [2.05, 4.69) is 34.7 Å². The number of rotatable bonds is 5. The van der Waals surface area contributed by atoms with E-state index in [-0.39, 0.29) is 0 Å². The molecule has 0 saturated heterocycles. The maximum atomic E-state index is 5.21. The molecule has 2 N–H and O–H groups in total. The summed E-state index contributed by atoms with van der Waals surface area (Å²) in [5.41, 5.74) is 2.03. The summed E-state index contributed by atoms with van der Waals surface area (Å²) in [7, 11) is 6.04. The molecule has 5 nitrogen and oxygen atoms in total. The molecule has 0 atom stereocenters. The van der Waals surface area contributed by atoms with Crippen LogP contribution in [0.1, 0.15) is 12.1 Å². The highest BCUT2D eigenvalue weighted by atomic mass is 32.1. The van der Waals surface area contributed by atoms with Crippen molar-refractivity contribution in [2.45, 2.75) is 13.3 Å². The summed E-state index contributed by atoms with van der Waals surface area (Å²) >= 11 is 5.21. The van der Waals surface area contributed by atoms with Gasteiger partial charge in [0.25, 0.3) is 0 Å². The van der Waals surface area contributed by atoms with Gasteiger partial charge >= 0.3 is 0 Å². The number of nitrogens with zero attached hydrogens (tertiary/aromatic N) is 3. The van der Waals surface area contributed by atoms with Crippen LogP contribution >= 0.6 is 12.2 Å². The van der Waals surface area contributed by atoms with Gasteiger partial charge < -0.3 is 15.5 Å². The smallest absolute Gasteiger partial charge is 0.170 e. The van der Waals surface area contributed by atoms with Gasteiger partial charge in [-0.2, -0.15) is 5.10 Å². The van der Waals surface area contributed by atoms with Crippen LogP contribution in [-0.2, 0) is 7.05 Å². The molecule has 0 spiro atoms. The zero-order valence-electron chi connectivity index (χ0n) is 10.9. The van der Waals surface area contributed by atoms with Crippen molar-refractivity contribution in [3.63, 3.8) is 0 Å². The first-order valence-corrected chi connectivity index (χ1v) is 6.09. The van der Waals surface area contributed by atoms with Crippen LogP contribution in [0.25, 0.3) is 0 Å². The number of thiocarbonyl (C=S) groups is 1. The highest BCUT2D eigenvalue weighted by Crippen LogP contribution is 2.11. The maximum absolute atomic E-state index is 5.21. The predicted molar refractivity (Wildman–Crippen MR) is 75.3 cm³/mol. The third-order valence-electron chi connectivity index (χ3n) is 2.55. The van der Waals surface area contributed by atoms with Crippen molar-refractivity contribution in [1.82, 2.24) is 20.0 Å². The first-order chi connectivity index (χ1) is 8.00. The SMILES string of the molecule is Cc1c(NC(=S)NCCCN(C)C)cnn1C. The molecule has 0 unspecified atom stereocenters. The van der Waals surface area contributed by atoms with Crippen molar-refractivity contribution in [2.75, 3.05) is 32.5 Å². The molecule has 96 valence electrons. The first-order valence-electron chi connectivity index (χ1n) is 5.69. The Labute approximate surface area is 108 Å². The fourth-order valence-electron chi connectivity index (χ4n) is 1.39. The van der Waals surface area contributed by atoms with E-state index in [1.54, 1.807) is 6.20 Å². The van der Waals surface area contributed by atoms with Crippen LogP contribution in [-0.4, -0.2) is 47.0 Å². The van der Waals surface area contributed by atoms with Gasteiger partial charge in [0, 0.05) is 13.6 Å². The van der Waals surface area contributed by atoms with Crippen molar-refractivity contribution in [1.29, 1.82) is 0 Å². The topological polar surface area (TPSA) is 45.1 Å². The molecule has 1 aromatic heterocycles. The molecule has 0 aliphatic rings. The Hall–Kier alpha value is -1.14. The largest absolute Gasteiger partial charge is 0.362 e. The zero-order chi connectivity index (χ0) is 12.8. The fourth-order valence-corrected chi connectivity index (χ4v) is 1.60. The van der Waals surface area contributed by atoms with Gasteiger partial charge in [0.2, 0.25) is 0 Å². The minimum absolute atomic E-state index is 0.653. The third kappa shape index (κ3) is 4.70. The number of anilines is 1. The van der Waals surface area contributed by atoms with Crippen molar-refractivity contribution < 1.29 is 0 Å². The first kappa shape index (κ1) is 13.9. The standard InChI is InChI=1S/C11H21N5S/c1-9-10(8-13-16(9)4)14-11(17)12-6-5-7-15(2)3/h8H,5-7H2,1-4H3,(H2,12,14,17). The summed E-state index contributed by atoms with van der Waals surface area (Å²) in [6.45, 7) is 3.94. The lowest BCUT2D eigenvalue weighted by Crippen LogP contribution is -2.31. The molecule has 0 aliphatic heterocycles. The van der Waals surface area contributed by atoms with Crippen LogP contribution in [0, 0.1) is 6.92 Å². The number of hydrogen-bond donors (Lipinski definition) is 2. The van der Waals surface area contributed by atoms with Gasteiger partial charge in [-0.05, 0) is 46.2 Å². The molecular weight excluding hydrogens is 234 g/mol. The molecule has 1 rings (SSSR count). The maximum Gasteiger partial charge on any atom is 0.170 e. The molecule has 6 heteroatoms. The molecule has 0 bridgehead atoms. The average Bonchev–Trinajstić information content (AvgIpc) is 2.56. The number of hydrogen-bond acceptors (Lipinski definition) is 3. The Bertz CT molecular complexity index is 372. The van der Waals surface area contributed by atoms with Crippen molar-refractivity contribution in [2.24, 2.45) is 7.05 Å². The number of aryl methyl sites for hydroxylation is 1. The van der Waals surface area contributed by atoms with Crippen LogP contribution < -0.4 is 10.6 Å². The van der Waals surface area contributed by atoms with Crippen LogP contribution in [0.4, 0.5) is 5.69 Å². The van der Waals surface area contributed by atoms with E-state index in [4.69, 9.17) is 12.2 Å². The van der Waals surface area contributed by atoms with Gasteiger partial charge in [-0.1, -0.05) is 0 Å². The van der Waals surface area contributed by atoms with Gasteiger partial charge in [-0.15, -0.1) is 0 Å². The predicted octanol–water partition coefficient (Wildman–Crippen LogP) is 0.967. The Morgan fingerprint density at radius 2 is 2.24 bits per heavy atom. The summed E-state index contributed by atoms with van der Waals surface area (Å²) in [6.07, 6.45) is 2.85. The van der Waals surface area contributed by atoms with Crippen molar-refractivity contribution >= 4 is 23.0 Å². The van der Waals surface area contributed by atoms with Crippen LogP contribution in [0.15, 0.2) is 6.20 Å². The molecule has 0 aliphatic carbocycles. The molecule has 0 radical (unpaired) electrons. The lowest BCUT2D eigenvalue weighted by atomic mass is 10.4. The lowest BCUT2D eigenvalue weighted by molar-refractivity contribution is 0.400. The van der Waals surface area contributed by atoms with Gasteiger partial charge in [-0.25, -0.2) is 0 Å². The summed E-state index contributed by atoms with van der Waals surface area (Å²) in [4.78, 5) is 2.16. The number of nitrogens with one attached hydrogen (secondary N) is 2. The Morgan fingerprint density at radius 3 is 2.76 bits per heavy atom. The number of aromatic nitrogens is 2. The van der Waals surface area contributed by atoms with Crippen molar-refractivity contribution in [3.8, 4) is 0 Å². The molecule has 0 fully saturated rings. The Balaban J connectivity index is 2.28. The summed E-state index contributed by atoms with van der Waals surface area (Å²) in [6, 6.07) is 0. The van der Waals surface area contributed by atoms with Crippen LogP contribution in [0.3, 0.4) is 0 Å². The Kier molecular flexibility index (Phi) is 5.37. The minimum atomic E-state index is 0.653. The monoisotopic (exact) mass is 255 g/mol. The van der Waals surface area contributed by atoms with E-state index in [1.807, 2.05) is 18.7 Å². The highest BCUT2D eigenvalue weighted by molar-refractivity contribution is 7.80. The molecule has 0 amide bonds. The van der Waals surface area contributed by atoms with Gasteiger partial charge in [0.05, 0.1) is 17.6 Å². The highest BCUT2D eigenvalue weighted by Gasteiger charge is 2.04. The van der Waals surface area contributed by atoms with E-state index < -0.39 is 0 Å². The van der Waals surface area contributed by atoms with Gasteiger partial charge in [0.1, 0.15) is 0 Å². The Morgan fingerprint density at radius 1 is 1.53 bits per heavy atom. The second kappa shape index (κ2) is 6.56. The third-order valence-corrected chi connectivity index (χ3v) is 2.80. The molecule has 1 aromatic rings.